The molecule has 0 aliphatic carbocycles. The summed E-state index contributed by atoms with van der Waals surface area (Å²) in [4.78, 5) is 45.0. The standard InChI is InChI=1S/C4H13N3.5C2H4O2.Tc/c5-1-3-7-4-2-6;5*1-2(3)4;/h7H,1-6H2;5*1H3,(H,3,4);. The van der Waals surface area contributed by atoms with Gasteiger partial charge in [-0.2, -0.15) is 0 Å². The van der Waals surface area contributed by atoms with Gasteiger partial charge >= 0.3 is 0 Å². The molecule has 28 heavy (non-hydrogen) atoms. The molecule has 0 aromatic rings. The van der Waals surface area contributed by atoms with Gasteiger partial charge in [0.05, 0.1) is 0 Å². The largest absolute Gasteiger partial charge is 0.481 e. The molecule has 0 saturated carbocycles. The second-order valence-corrected chi connectivity index (χ2v) is 3.92. The first-order valence-electron chi connectivity index (χ1n) is 7.16. The van der Waals surface area contributed by atoms with Crippen molar-refractivity contribution in [2.75, 3.05) is 26.2 Å². The first kappa shape index (κ1) is 44.9. The van der Waals surface area contributed by atoms with E-state index in [9.17, 15) is 0 Å². The first-order chi connectivity index (χ1) is 12.1. The fourth-order valence-electron chi connectivity index (χ4n) is 0.329. The van der Waals surface area contributed by atoms with Crippen LogP contribution in [0.25, 0.3) is 0 Å². The molecule has 0 aromatic heterocycles. The van der Waals surface area contributed by atoms with E-state index in [2.05, 4.69) is 5.32 Å². The van der Waals surface area contributed by atoms with Gasteiger partial charge in [0.15, 0.2) is 0 Å². The van der Waals surface area contributed by atoms with Crippen LogP contribution in [0.5, 0.6) is 0 Å². The van der Waals surface area contributed by atoms with Crippen LogP contribution in [0, 0.1) is 0 Å². The van der Waals surface area contributed by atoms with Crippen molar-refractivity contribution in [3.63, 3.8) is 0 Å². The van der Waals surface area contributed by atoms with Crippen molar-refractivity contribution in [2.24, 2.45) is 11.5 Å². The molecule has 0 heterocycles. The number of hydrogen-bond donors (Lipinski definition) is 8. The molecule has 0 aliphatic heterocycles. The quantitative estimate of drug-likeness (QED) is 0.214. The van der Waals surface area contributed by atoms with E-state index in [1.807, 2.05) is 0 Å². The minimum absolute atomic E-state index is 0. The fourth-order valence-corrected chi connectivity index (χ4v) is 0.329. The molecular formula is C14H33N3O10Tc. The molecule has 0 amide bonds. The van der Waals surface area contributed by atoms with Gasteiger partial charge in [-0.15, -0.1) is 0 Å². The first-order valence-corrected chi connectivity index (χ1v) is 7.16. The Kier molecular flexibility index (Phi) is 71.2. The van der Waals surface area contributed by atoms with Crippen LogP contribution in [0.2, 0.25) is 0 Å². The maximum Gasteiger partial charge on any atom is 0.300 e. The van der Waals surface area contributed by atoms with E-state index in [1.165, 1.54) is 0 Å². The topological polar surface area (TPSA) is 251 Å². The number of carboxylic acid groups (broad SMARTS) is 5. The van der Waals surface area contributed by atoms with E-state index in [0.29, 0.717) is 13.1 Å². The van der Waals surface area contributed by atoms with Crippen LogP contribution in [0.1, 0.15) is 34.6 Å². The molecule has 0 bridgehead atoms. The molecule has 0 aliphatic rings. The van der Waals surface area contributed by atoms with E-state index >= 15 is 0 Å². The average molecular weight is 501 g/mol. The van der Waals surface area contributed by atoms with Crippen LogP contribution in [-0.2, 0) is 44.1 Å². The predicted octanol–water partition coefficient (Wildman–Crippen LogP) is -1.05. The molecule has 13 nitrogen and oxygen atoms in total. The number of aliphatic carboxylic acids is 5. The van der Waals surface area contributed by atoms with Gasteiger partial charge in [0.25, 0.3) is 29.8 Å². The Balaban J connectivity index is -0.0000000382. The van der Waals surface area contributed by atoms with Crippen LogP contribution in [0.15, 0.2) is 0 Å². The molecule has 1 radical (unpaired) electrons. The summed E-state index contributed by atoms with van der Waals surface area (Å²) in [5, 5.41) is 40.1. The van der Waals surface area contributed by atoms with Gasteiger partial charge in [0.2, 0.25) is 0 Å². The third kappa shape index (κ3) is 3540. The number of nitrogens with one attached hydrogen (secondary N) is 1. The predicted molar refractivity (Wildman–Crippen MR) is 97.5 cm³/mol. The average Bonchev–Trinajstić information content (AvgIpc) is 2.35. The Labute approximate surface area is 177 Å². The summed E-state index contributed by atoms with van der Waals surface area (Å²) in [7, 11) is 0. The SMILES string of the molecule is CC(=O)O.CC(=O)O.CC(=O)O.CC(=O)O.CC(=O)O.NCCNCCN.[Tc]. The molecule has 14 heteroatoms. The second kappa shape index (κ2) is 44.4. The van der Waals surface area contributed by atoms with Crippen molar-refractivity contribution in [3.05, 3.63) is 0 Å². The van der Waals surface area contributed by atoms with Crippen LogP contribution >= 0.6 is 0 Å². The Morgan fingerprint density at radius 1 is 0.571 bits per heavy atom. The van der Waals surface area contributed by atoms with Crippen molar-refractivity contribution < 1.29 is 69.6 Å². The Morgan fingerprint density at radius 3 is 0.750 bits per heavy atom. The van der Waals surface area contributed by atoms with Crippen LogP contribution < -0.4 is 16.8 Å². The van der Waals surface area contributed by atoms with Crippen molar-refractivity contribution in [1.29, 1.82) is 0 Å². The third-order valence-electron chi connectivity index (χ3n) is 0.642. The van der Waals surface area contributed by atoms with Crippen LogP contribution in [0.3, 0.4) is 0 Å². The molecule has 10 N–H and O–H groups in total. The minimum Gasteiger partial charge on any atom is -0.481 e. The summed E-state index contributed by atoms with van der Waals surface area (Å²) in [6, 6.07) is 0. The summed E-state index contributed by atoms with van der Waals surface area (Å²) in [6.07, 6.45) is 0. The summed E-state index contributed by atoms with van der Waals surface area (Å²) >= 11 is 0. The number of hydrogen-bond acceptors (Lipinski definition) is 8. The summed E-state index contributed by atoms with van der Waals surface area (Å²) < 4.78 is 0. The normalized spacial score (nSPS) is 6.82. The number of rotatable bonds is 4. The smallest absolute Gasteiger partial charge is 0.300 e. The molecule has 171 valence electrons. The second-order valence-electron chi connectivity index (χ2n) is 3.92. The van der Waals surface area contributed by atoms with Crippen LogP contribution in [-0.4, -0.2) is 81.6 Å². The van der Waals surface area contributed by atoms with E-state index in [-0.39, 0.29) is 20.1 Å². The molecular weight excluding hydrogens is 468 g/mol. The molecule has 0 atom stereocenters. The maximum atomic E-state index is 9.00. The molecule has 0 unspecified atom stereocenters. The van der Waals surface area contributed by atoms with Gasteiger partial charge in [-0.25, -0.2) is 0 Å². The van der Waals surface area contributed by atoms with E-state index < -0.39 is 29.8 Å². The summed E-state index contributed by atoms with van der Waals surface area (Å²) in [5.41, 5.74) is 10.3. The molecule has 0 rings (SSSR count). The van der Waals surface area contributed by atoms with Gasteiger partial charge < -0.3 is 42.3 Å². The maximum absolute atomic E-state index is 9.00. The Hall–Kier alpha value is -2.12. The van der Waals surface area contributed by atoms with Crippen LogP contribution in [0.4, 0.5) is 0 Å². The van der Waals surface area contributed by atoms with Crippen molar-refractivity contribution in [3.8, 4) is 0 Å². The zero-order chi connectivity index (χ0) is 23.4. The fraction of sp³-hybridized carbons (Fsp3) is 0.643. The van der Waals surface area contributed by atoms with Gasteiger partial charge in [-0.05, 0) is 0 Å². The van der Waals surface area contributed by atoms with E-state index in [1.54, 1.807) is 0 Å². The molecule has 0 aromatic carbocycles. The van der Waals surface area contributed by atoms with Crippen molar-refractivity contribution in [1.82, 2.24) is 5.32 Å². The van der Waals surface area contributed by atoms with Gasteiger partial charge in [-0.1, -0.05) is 0 Å². The van der Waals surface area contributed by atoms with E-state index in [0.717, 1.165) is 47.7 Å². The Morgan fingerprint density at radius 2 is 0.679 bits per heavy atom. The number of carboxylic acids is 5. The summed E-state index contributed by atoms with van der Waals surface area (Å²) in [6.45, 7) is 8.55. The molecule has 0 spiro atoms. The zero-order valence-electron chi connectivity index (χ0n) is 16.6. The zero-order valence-corrected chi connectivity index (χ0v) is 18.5. The van der Waals surface area contributed by atoms with Crippen molar-refractivity contribution in [2.45, 2.75) is 34.6 Å². The van der Waals surface area contributed by atoms with Gasteiger partial charge in [0.1, 0.15) is 0 Å². The van der Waals surface area contributed by atoms with Gasteiger partial charge in [0, 0.05) is 80.9 Å². The number of nitrogens with two attached hydrogens (primary N) is 2. The van der Waals surface area contributed by atoms with Gasteiger partial charge in [-0.3, -0.25) is 24.0 Å². The summed E-state index contributed by atoms with van der Waals surface area (Å²) in [5.74, 6) is -4.17. The Bertz CT molecular complexity index is 289. The van der Waals surface area contributed by atoms with E-state index in [4.69, 9.17) is 61.0 Å². The van der Waals surface area contributed by atoms with Crippen molar-refractivity contribution >= 4 is 29.8 Å². The molecule has 0 saturated heterocycles. The minimum atomic E-state index is -0.833. The third-order valence-corrected chi connectivity index (χ3v) is 0.642. The molecule has 0 fully saturated rings. The monoisotopic (exact) mass is 500 g/mol. The number of carbonyl (C=O) groups is 5.